The van der Waals surface area contributed by atoms with Crippen molar-refractivity contribution in [1.29, 1.82) is 0 Å². The number of carbonyl (C=O) groups excluding carboxylic acids is 1. The summed E-state index contributed by atoms with van der Waals surface area (Å²) in [6, 6.07) is 2.15. The largest absolute Gasteiger partial charge is 0.379 e. The van der Waals surface area contributed by atoms with E-state index in [1.54, 1.807) is 0 Å². The molecule has 3 rings (SSSR count). The molecule has 2 aromatic heterocycles. The minimum absolute atomic E-state index is 0.102. The van der Waals surface area contributed by atoms with Crippen LogP contribution in [0.5, 0.6) is 0 Å². The second-order valence-corrected chi connectivity index (χ2v) is 7.87. The highest BCUT2D eigenvalue weighted by molar-refractivity contribution is 6.06. The number of hydrogen-bond acceptors (Lipinski definition) is 6. The summed E-state index contributed by atoms with van der Waals surface area (Å²) in [5.41, 5.74) is 2.54. The molecule has 0 radical (unpaired) electrons. The van der Waals surface area contributed by atoms with E-state index < -0.39 is 0 Å². The predicted octanol–water partition coefficient (Wildman–Crippen LogP) is 2.74. The number of nitrogens with one attached hydrogen (secondary N) is 1. The first kappa shape index (κ1) is 19.8. The molecule has 0 bridgehead atoms. The van der Waals surface area contributed by atoms with E-state index in [4.69, 9.17) is 9.26 Å². The Morgan fingerprint density at radius 1 is 1.26 bits per heavy atom. The van der Waals surface area contributed by atoms with Crippen LogP contribution in [0.4, 0.5) is 0 Å². The van der Waals surface area contributed by atoms with Gasteiger partial charge in [0.25, 0.3) is 11.6 Å². The van der Waals surface area contributed by atoms with Crippen molar-refractivity contribution >= 4 is 17.0 Å². The molecule has 1 atom stereocenters. The molecule has 1 aliphatic rings. The Balaban J connectivity index is 1.81. The molecule has 0 aliphatic carbocycles. The lowest BCUT2D eigenvalue weighted by atomic mass is 10.0. The Morgan fingerprint density at radius 3 is 2.59 bits per heavy atom. The van der Waals surface area contributed by atoms with E-state index in [1.807, 2.05) is 26.8 Å². The molecule has 0 unspecified atom stereocenters. The van der Waals surface area contributed by atoms with E-state index in [0.717, 1.165) is 32.0 Å². The predicted molar refractivity (Wildman–Crippen MR) is 104 cm³/mol. The molecule has 1 saturated heterocycles. The second-order valence-electron chi connectivity index (χ2n) is 7.87. The van der Waals surface area contributed by atoms with Gasteiger partial charge in [0.1, 0.15) is 0 Å². The number of carbonyl (C=O) groups is 1. The van der Waals surface area contributed by atoms with Gasteiger partial charge in [0.05, 0.1) is 29.9 Å². The summed E-state index contributed by atoms with van der Waals surface area (Å²) < 4.78 is 10.8. The zero-order valence-corrected chi connectivity index (χ0v) is 16.9. The molecule has 1 amide bonds. The Morgan fingerprint density at radius 2 is 1.96 bits per heavy atom. The summed E-state index contributed by atoms with van der Waals surface area (Å²) in [7, 11) is 0. The Kier molecular flexibility index (Phi) is 6.11. The van der Waals surface area contributed by atoms with E-state index in [0.29, 0.717) is 34.8 Å². The third kappa shape index (κ3) is 4.30. The van der Waals surface area contributed by atoms with Crippen molar-refractivity contribution in [3.05, 3.63) is 23.0 Å². The maximum Gasteiger partial charge on any atom is 0.259 e. The zero-order chi connectivity index (χ0) is 19.6. The number of pyridine rings is 1. The normalized spacial score (nSPS) is 17.0. The Bertz CT molecular complexity index is 794. The third-order valence-corrected chi connectivity index (χ3v) is 5.23. The van der Waals surface area contributed by atoms with Crippen molar-refractivity contribution in [3.63, 3.8) is 0 Å². The Hall–Kier alpha value is -1.99. The van der Waals surface area contributed by atoms with Crippen LogP contribution in [0.25, 0.3) is 11.1 Å². The average molecular weight is 374 g/mol. The molecule has 0 aromatic carbocycles. The zero-order valence-electron chi connectivity index (χ0n) is 16.9. The summed E-state index contributed by atoms with van der Waals surface area (Å²) in [6.45, 7) is 14.2. The van der Waals surface area contributed by atoms with Gasteiger partial charge >= 0.3 is 0 Å². The second kappa shape index (κ2) is 8.35. The average Bonchev–Trinajstić information content (AvgIpc) is 3.02. The summed E-state index contributed by atoms with van der Waals surface area (Å²) in [5, 5.41) is 7.83. The standard InChI is InChI=1S/C20H30N4O3/c1-12(2)16-10-15(18-14(5)23-27-20(18)22-16)19(25)21-11-17(13(3)4)24-6-8-26-9-7-24/h10,12-13,17H,6-9,11H2,1-5H3,(H,21,25)/t17-/m0/s1. The first-order valence-electron chi connectivity index (χ1n) is 9.75. The van der Waals surface area contributed by atoms with Gasteiger partial charge in [-0.3, -0.25) is 9.69 Å². The first-order valence-corrected chi connectivity index (χ1v) is 9.75. The number of aryl methyl sites for hydroxylation is 1. The maximum atomic E-state index is 13.0. The molecule has 7 nitrogen and oxygen atoms in total. The van der Waals surface area contributed by atoms with Crippen molar-refractivity contribution in [2.75, 3.05) is 32.8 Å². The maximum absolute atomic E-state index is 13.0. The van der Waals surface area contributed by atoms with Gasteiger partial charge in [0.2, 0.25) is 0 Å². The van der Waals surface area contributed by atoms with Crippen molar-refractivity contribution in [1.82, 2.24) is 20.4 Å². The van der Waals surface area contributed by atoms with Crippen LogP contribution in [-0.4, -0.2) is 59.8 Å². The van der Waals surface area contributed by atoms with Crippen LogP contribution in [0, 0.1) is 12.8 Å². The van der Waals surface area contributed by atoms with Gasteiger partial charge in [-0.05, 0) is 24.8 Å². The monoisotopic (exact) mass is 374 g/mol. The van der Waals surface area contributed by atoms with Crippen LogP contribution in [-0.2, 0) is 4.74 Å². The number of hydrogen-bond donors (Lipinski definition) is 1. The highest BCUT2D eigenvalue weighted by Gasteiger charge is 2.25. The first-order chi connectivity index (χ1) is 12.9. The van der Waals surface area contributed by atoms with E-state index in [-0.39, 0.29) is 17.9 Å². The summed E-state index contributed by atoms with van der Waals surface area (Å²) in [5.74, 6) is 0.530. The highest BCUT2D eigenvalue weighted by Crippen LogP contribution is 2.25. The molecule has 0 spiro atoms. The number of amides is 1. The van der Waals surface area contributed by atoms with Crippen molar-refractivity contribution in [3.8, 4) is 0 Å². The molecular weight excluding hydrogens is 344 g/mol. The van der Waals surface area contributed by atoms with Crippen molar-refractivity contribution in [2.45, 2.75) is 46.6 Å². The molecule has 3 heterocycles. The number of fused-ring (bicyclic) bond motifs is 1. The number of morpholine rings is 1. The fourth-order valence-electron chi connectivity index (χ4n) is 3.58. The van der Waals surface area contributed by atoms with Gasteiger partial charge in [-0.2, -0.15) is 0 Å². The quantitative estimate of drug-likeness (QED) is 0.837. The molecular formula is C20H30N4O3. The van der Waals surface area contributed by atoms with E-state index in [9.17, 15) is 4.79 Å². The van der Waals surface area contributed by atoms with E-state index in [2.05, 4.69) is 34.2 Å². The summed E-state index contributed by atoms with van der Waals surface area (Å²) in [4.78, 5) is 19.9. The van der Waals surface area contributed by atoms with Crippen LogP contribution in [0.3, 0.4) is 0 Å². The third-order valence-electron chi connectivity index (χ3n) is 5.23. The van der Waals surface area contributed by atoms with Gasteiger partial charge in [-0.1, -0.05) is 32.9 Å². The van der Waals surface area contributed by atoms with Gasteiger partial charge in [-0.15, -0.1) is 0 Å². The van der Waals surface area contributed by atoms with Crippen molar-refractivity contribution < 1.29 is 14.1 Å². The smallest absolute Gasteiger partial charge is 0.259 e. The minimum atomic E-state index is -0.102. The molecule has 148 valence electrons. The van der Waals surface area contributed by atoms with Gasteiger partial charge in [-0.25, -0.2) is 4.98 Å². The number of nitrogens with zero attached hydrogens (tertiary/aromatic N) is 3. The number of rotatable bonds is 6. The fourth-order valence-corrected chi connectivity index (χ4v) is 3.58. The lowest BCUT2D eigenvalue weighted by Crippen LogP contribution is -2.51. The number of aromatic nitrogens is 2. The molecule has 2 aromatic rings. The Labute approximate surface area is 160 Å². The molecule has 1 aliphatic heterocycles. The van der Waals surface area contributed by atoms with Crippen LogP contribution in [0.15, 0.2) is 10.6 Å². The molecule has 1 fully saturated rings. The molecule has 1 N–H and O–H groups in total. The lowest BCUT2D eigenvalue weighted by molar-refractivity contribution is 0.00673. The fraction of sp³-hybridized carbons (Fsp3) is 0.650. The summed E-state index contributed by atoms with van der Waals surface area (Å²) in [6.07, 6.45) is 0. The van der Waals surface area contributed by atoms with Crippen LogP contribution < -0.4 is 5.32 Å². The van der Waals surface area contributed by atoms with Gasteiger partial charge in [0.15, 0.2) is 0 Å². The van der Waals surface area contributed by atoms with Gasteiger partial charge in [0, 0.05) is 31.4 Å². The lowest BCUT2D eigenvalue weighted by Gasteiger charge is -2.36. The van der Waals surface area contributed by atoms with Crippen LogP contribution in [0.2, 0.25) is 0 Å². The highest BCUT2D eigenvalue weighted by atomic mass is 16.5. The van der Waals surface area contributed by atoms with Gasteiger partial charge < -0.3 is 14.6 Å². The topological polar surface area (TPSA) is 80.5 Å². The van der Waals surface area contributed by atoms with Crippen molar-refractivity contribution in [2.24, 2.45) is 5.92 Å². The van der Waals surface area contributed by atoms with E-state index in [1.165, 1.54) is 0 Å². The SMILES string of the molecule is Cc1noc2nc(C(C)C)cc(C(=O)NC[C@@H](C(C)C)N3CCOCC3)c12. The van der Waals surface area contributed by atoms with Crippen LogP contribution >= 0.6 is 0 Å². The molecule has 0 saturated carbocycles. The van der Waals surface area contributed by atoms with E-state index >= 15 is 0 Å². The molecule has 7 heteroatoms. The summed E-state index contributed by atoms with van der Waals surface area (Å²) >= 11 is 0. The van der Waals surface area contributed by atoms with Crippen LogP contribution in [0.1, 0.15) is 55.4 Å². The number of ether oxygens (including phenoxy) is 1. The minimum Gasteiger partial charge on any atom is -0.379 e. The molecule has 27 heavy (non-hydrogen) atoms.